The number of aromatic nitrogens is 2. The van der Waals surface area contributed by atoms with E-state index >= 15 is 0 Å². The Balaban J connectivity index is 1.99. The molecule has 0 saturated carbocycles. The Bertz CT molecular complexity index is 980. The van der Waals surface area contributed by atoms with Gasteiger partial charge in [0.25, 0.3) is 0 Å². The molecule has 2 heterocycles. The first-order valence-corrected chi connectivity index (χ1v) is 9.43. The topological polar surface area (TPSA) is 67.9 Å². The predicted octanol–water partition coefficient (Wildman–Crippen LogP) is 4.52. The minimum Gasteiger partial charge on any atom is -0.459 e. The molecule has 0 fully saturated rings. The van der Waals surface area contributed by atoms with Gasteiger partial charge in [0.15, 0.2) is 0 Å². The molecule has 3 rings (SSSR count). The van der Waals surface area contributed by atoms with Gasteiger partial charge in [-0.2, -0.15) is 10.4 Å². The second-order valence-corrected chi connectivity index (χ2v) is 7.17. The van der Waals surface area contributed by atoms with Crippen LogP contribution in [0.2, 0.25) is 0 Å². The summed E-state index contributed by atoms with van der Waals surface area (Å²) in [7, 11) is 0. The summed E-state index contributed by atoms with van der Waals surface area (Å²) in [5.41, 5.74) is 2.53. The van der Waals surface area contributed by atoms with Crippen LogP contribution in [-0.2, 0) is 16.1 Å². The van der Waals surface area contributed by atoms with Crippen LogP contribution in [0.1, 0.15) is 25.0 Å². The molecular formula is C21H19N3O2S. The summed E-state index contributed by atoms with van der Waals surface area (Å²) in [6, 6.07) is 15.8. The van der Waals surface area contributed by atoms with E-state index < -0.39 is 5.97 Å². The number of carbonyl (C=O) groups excluding carboxylic acids is 1. The van der Waals surface area contributed by atoms with Gasteiger partial charge in [0.05, 0.1) is 17.5 Å². The third-order valence-electron chi connectivity index (χ3n) is 3.71. The van der Waals surface area contributed by atoms with Crippen molar-refractivity contribution in [2.45, 2.75) is 26.5 Å². The summed E-state index contributed by atoms with van der Waals surface area (Å²) in [4.78, 5) is 13.1. The van der Waals surface area contributed by atoms with Crippen LogP contribution in [0.15, 0.2) is 59.6 Å². The highest BCUT2D eigenvalue weighted by molar-refractivity contribution is 7.13. The van der Waals surface area contributed by atoms with Gasteiger partial charge in [0.2, 0.25) is 0 Å². The number of carbonyl (C=O) groups is 1. The standard InChI is InChI=1S/C21H19N3O2S/c1-15(2)26-21(25)17(12-22)11-18-14-24(13-16-7-4-3-5-8-16)23-20(18)19-9-6-10-27-19/h3-11,14-15H,13H2,1-2H3. The maximum Gasteiger partial charge on any atom is 0.349 e. The van der Waals surface area contributed by atoms with Crippen LogP contribution in [0, 0.1) is 11.3 Å². The van der Waals surface area contributed by atoms with E-state index in [2.05, 4.69) is 5.10 Å². The molecule has 0 unspecified atom stereocenters. The molecule has 1 aromatic carbocycles. The number of benzene rings is 1. The highest BCUT2D eigenvalue weighted by Gasteiger charge is 2.16. The van der Waals surface area contributed by atoms with Gasteiger partial charge in [-0.05, 0) is 36.9 Å². The molecule has 136 valence electrons. The second-order valence-electron chi connectivity index (χ2n) is 6.22. The molecule has 0 N–H and O–H groups in total. The summed E-state index contributed by atoms with van der Waals surface area (Å²) < 4.78 is 6.97. The minimum atomic E-state index is -0.625. The lowest BCUT2D eigenvalue weighted by atomic mass is 10.1. The Hall–Kier alpha value is -3.17. The van der Waals surface area contributed by atoms with Gasteiger partial charge < -0.3 is 4.74 Å². The molecule has 5 nitrogen and oxygen atoms in total. The first-order chi connectivity index (χ1) is 13.1. The van der Waals surface area contributed by atoms with Crippen molar-refractivity contribution in [1.82, 2.24) is 9.78 Å². The van der Waals surface area contributed by atoms with Crippen LogP contribution >= 0.6 is 11.3 Å². The fourth-order valence-electron chi connectivity index (χ4n) is 2.57. The quantitative estimate of drug-likeness (QED) is 0.360. The highest BCUT2D eigenvalue weighted by atomic mass is 32.1. The van der Waals surface area contributed by atoms with E-state index in [1.165, 1.54) is 0 Å². The van der Waals surface area contributed by atoms with E-state index in [0.717, 1.165) is 16.1 Å². The number of nitriles is 1. The Morgan fingerprint density at radius 1 is 1.30 bits per heavy atom. The van der Waals surface area contributed by atoms with Crippen LogP contribution in [0.4, 0.5) is 0 Å². The average Bonchev–Trinajstić information content (AvgIpc) is 3.29. The maximum absolute atomic E-state index is 12.1. The Morgan fingerprint density at radius 2 is 2.07 bits per heavy atom. The van der Waals surface area contributed by atoms with E-state index in [1.54, 1.807) is 31.3 Å². The number of thiophene rings is 1. The van der Waals surface area contributed by atoms with Crippen LogP contribution in [-0.4, -0.2) is 21.9 Å². The summed E-state index contributed by atoms with van der Waals surface area (Å²) in [5.74, 6) is -0.625. The van der Waals surface area contributed by atoms with Gasteiger partial charge in [0.1, 0.15) is 17.3 Å². The Labute approximate surface area is 162 Å². The summed E-state index contributed by atoms with van der Waals surface area (Å²) in [6.45, 7) is 4.11. The number of hydrogen-bond acceptors (Lipinski definition) is 5. The number of rotatable bonds is 6. The average molecular weight is 377 g/mol. The van der Waals surface area contributed by atoms with Crippen LogP contribution in [0.3, 0.4) is 0 Å². The lowest BCUT2D eigenvalue weighted by Crippen LogP contribution is -2.12. The molecule has 0 bridgehead atoms. The molecular weight excluding hydrogens is 358 g/mol. The molecule has 0 aliphatic carbocycles. The molecule has 0 amide bonds. The van der Waals surface area contributed by atoms with Crippen molar-refractivity contribution >= 4 is 23.4 Å². The Kier molecular flexibility index (Phi) is 5.84. The van der Waals surface area contributed by atoms with Gasteiger partial charge in [-0.3, -0.25) is 4.68 Å². The molecule has 0 atom stereocenters. The van der Waals surface area contributed by atoms with E-state index in [-0.39, 0.29) is 11.7 Å². The SMILES string of the molecule is CC(C)OC(=O)C(C#N)=Cc1cn(Cc2ccccc2)nc1-c1cccs1. The molecule has 0 aliphatic heterocycles. The second kappa shape index (κ2) is 8.47. The molecule has 0 saturated heterocycles. The first kappa shape index (κ1) is 18.6. The lowest BCUT2D eigenvalue weighted by Gasteiger charge is -2.06. The van der Waals surface area contributed by atoms with Gasteiger partial charge in [0, 0.05) is 11.8 Å². The third kappa shape index (κ3) is 4.72. The molecule has 2 aromatic heterocycles. The zero-order valence-corrected chi connectivity index (χ0v) is 15.9. The number of hydrogen-bond donors (Lipinski definition) is 0. The number of ether oxygens (including phenoxy) is 1. The van der Waals surface area contributed by atoms with E-state index in [4.69, 9.17) is 4.74 Å². The monoisotopic (exact) mass is 377 g/mol. The zero-order valence-electron chi connectivity index (χ0n) is 15.1. The van der Waals surface area contributed by atoms with Crippen molar-refractivity contribution in [2.24, 2.45) is 0 Å². The minimum absolute atomic E-state index is 0.0410. The van der Waals surface area contributed by atoms with Crippen molar-refractivity contribution in [3.63, 3.8) is 0 Å². The lowest BCUT2D eigenvalue weighted by molar-refractivity contribution is -0.142. The largest absolute Gasteiger partial charge is 0.459 e. The fraction of sp³-hybridized carbons (Fsp3) is 0.190. The number of nitrogens with zero attached hydrogens (tertiary/aromatic N) is 3. The zero-order chi connectivity index (χ0) is 19.2. The predicted molar refractivity (Wildman–Crippen MR) is 106 cm³/mol. The van der Waals surface area contributed by atoms with Crippen molar-refractivity contribution in [3.05, 3.63) is 70.7 Å². The van der Waals surface area contributed by atoms with Crippen molar-refractivity contribution < 1.29 is 9.53 Å². The van der Waals surface area contributed by atoms with Gasteiger partial charge in [-0.1, -0.05) is 36.4 Å². The summed E-state index contributed by atoms with van der Waals surface area (Å²) in [6.07, 6.45) is 3.11. The molecule has 6 heteroatoms. The smallest absolute Gasteiger partial charge is 0.349 e. The van der Waals surface area contributed by atoms with Gasteiger partial charge >= 0.3 is 5.97 Å². The molecule has 3 aromatic rings. The number of esters is 1. The summed E-state index contributed by atoms with van der Waals surface area (Å²) >= 11 is 1.56. The van der Waals surface area contributed by atoms with Gasteiger partial charge in [-0.25, -0.2) is 4.79 Å². The van der Waals surface area contributed by atoms with Gasteiger partial charge in [-0.15, -0.1) is 11.3 Å². The van der Waals surface area contributed by atoms with Crippen molar-refractivity contribution in [1.29, 1.82) is 5.26 Å². The van der Waals surface area contributed by atoms with Crippen LogP contribution in [0.5, 0.6) is 0 Å². The van der Waals surface area contributed by atoms with Crippen LogP contribution < -0.4 is 0 Å². The summed E-state index contributed by atoms with van der Waals surface area (Å²) in [5, 5.41) is 16.0. The van der Waals surface area contributed by atoms with E-state index in [1.807, 2.05) is 64.8 Å². The van der Waals surface area contributed by atoms with Crippen LogP contribution in [0.25, 0.3) is 16.6 Å². The molecule has 0 spiro atoms. The maximum atomic E-state index is 12.1. The molecule has 27 heavy (non-hydrogen) atoms. The molecule has 0 radical (unpaired) electrons. The van der Waals surface area contributed by atoms with Crippen molar-refractivity contribution in [2.75, 3.05) is 0 Å². The Morgan fingerprint density at radius 3 is 2.70 bits per heavy atom. The highest BCUT2D eigenvalue weighted by Crippen LogP contribution is 2.28. The fourth-order valence-corrected chi connectivity index (χ4v) is 3.30. The van der Waals surface area contributed by atoms with Crippen molar-refractivity contribution in [3.8, 4) is 16.6 Å². The first-order valence-electron chi connectivity index (χ1n) is 8.55. The van der Waals surface area contributed by atoms with E-state index in [0.29, 0.717) is 12.1 Å². The third-order valence-corrected chi connectivity index (χ3v) is 4.59. The van der Waals surface area contributed by atoms with E-state index in [9.17, 15) is 10.1 Å². The normalized spacial score (nSPS) is 11.4. The molecule has 0 aliphatic rings.